The number of hydrogen-bond donors (Lipinski definition) is 0. The van der Waals surface area contributed by atoms with E-state index in [1.54, 1.807) is 0 Å². The van der Waals surface area contributed by atoms with E-state index in [4.69, 9.17) is 14.2 Å². The summed E-state index contributed by atoms with van der Waals surface area (Å²) < 4.78 is 16.9. The average Bonchev–Trinajstić information content (AvgIpc) is 3.36. The van der Waals surface area contributed by atoms with Crippen LogP contribution in [0.4, 0.5) is 0 Å². The molecule has 0 heterocycles. The van der Waals surface area contributed by atoms with Crippen molar-refractivity contribution in [3.63, 3.8) is 0 Å². The molecule has 6 nitrogen and oxygen atoms in total. The first-order chi connectivity index (χ1) is 34.5. The molecule has 0 N–H and O–H groups in total. The summed E-state index contributed by atoms with van der Waals surface area (Å²) in [7, 11) is 0. The fraction of sp³-hybridized carbons (Fsp3) is 0.797. The van der Waals surface area contributed by atoms with Crippen LogP contribution in [-0.4, -0.2) is 37.2 Å². The average molecular weight is 980 g/mol. The van der Waals surface area contributed by atoms with Crippen LogP contribution < -0.4 is 0 Å². The topological polar surface area (TPSA) is 78.9 Å². The van der Waals surface area contributed by atoms with Gasteiger partial charge < -0.3 is 14.2 Å². The summed E-state index contributed by atoms with van der Waals surface area (Å²) in [5.41, 5.74) is 0. The molecule has 0 aromatic heterocycles. The van der Waals surface area contributed by atoms with Crippen LogP contribution in [-0.2, 0) is 28.6 Å². The van der Waals surface area contributed by atoms with Crippen LogP contribution in [0.1, 0.15) is 310 Å². The summed E-state index contributed by atoms with van der Waals surface area (Å²) in [6.07, 6.45) is 73.7. The predicted molar refractivity (Wildman–Crippen MR) is 302 cm³/mol. The van der Waals surface area contributed by atoms with Gasteiger partial charge in [0.1, 0.15) is 13.2 Å². The summed E-state index contributed by atoms with van der Waals surface area (Å²) in [4.78, 5) is 38.1. The number of esters is 3. The summed E-state index contributed by atoms with van der Waals surface area (Å²) in [6, 6.07) is 0. The molecule has 0 aliphatic heterocycles. The van der Waals surface area contributed by atoms with Gasteiger partial charge in [0.2, 0.25) is 0 Å². The van der Waals surface area contributed by atoms with E-state index in [0.29, 0.717) is 19.3 Å². The van der Waals surface area contributed by atoms with Gasteiger partial charge >= 0.3 is 17.9 Å². The van der Waals surface area contributed by atoms with Crippen LogP contribution in [0.2, 0.25) is 0 Å². The van der Waals surface area contributed by atoms with Gasteiger partial charge in [-0.1, -0.05) is 268 Å². The number of ether oxygens (including phenoxy) is 3. The van der Waals surface area contributed by atoms with Crippen molar-refractivity contribution in [3.8, 4) is 0 Å². The minimum atomic E-state index is -0.780. The third kappa shape index (κ3) is 56.0. The van der Waals surface area contributed by atoms with E-state index < -0.39 is 6.10 Å². The monoisotopic (exact) mass is 979 g/mol. The lowest BCUT2D eigenvalue weighted by atomic mass is 10.0. The second-order valence-electron chi connectivity index (χ2n) is 20.2. The minimum Gasteiger partial charge on any atom is -0.462 e. The Morgan fingerprint density at radius 1 is 0.300 bits per heavy atom. The summed E-state index contributed by atoms with van der Waals surface area (Å²) in [5.74, 6) is -0.881. The van der Waals surface area contributed by atoms with Gasteiger partial charge in [0.15, 0.2) is 6.10 Å². The Morgan fingerprint density at radius 2 is 0.557 bits per heavy atom. The molecule has 0 aliphatic rings. The zero-order valence-corrected chi connectivity index (χ0v) is 46.5. The maximum Gasteiger partial charge on any atom is 0.306 e. The Bertz CT molecular complexity index is 1260. The highest BCUT2D eigenvalue weighted by Gasteiger charge is 2.19. The third-order valence-corrected chi connectivity index (χ3v) is 13.3. The van der Waals surface area contributed by atoms with Gasteiger partial charge in [-0.2, -0.15) is 0 Å². The smallest absolute Gasteiger partial charge is 0.306 e. The first-order valence-corrected chi connectivity index (χ1v) is 30.3. The van der Waals surface area contributed by atoms with Crippen molar-refractivity contribution < 1.29 is 28.6 Å². The predicted octanol–water partition coefficient (Wildman–Crippen LogP) is 20.4. The molecule has 0 bridgehead atoms. The lowest BCUT2D eigenvalue weighted by Crippen LogP contribution is -2.30. The molecular formula is C64H114O6. The Morgan fingerprint density at radius 3 is 0.886 bits per heavy atom. The van der Waals surface area contributed by atoms with Crippen molar-refractivity contribution >= 4 is 17.9 Å². The van der Waals surface area contributed by atoms with Crippen LogP contribution in [0.5, 0.6) is 0 Å². The second kappa shape index (κ2) is 58.7. The molecule has 1 unspecified atom stereocenters. The van der Waals surface area contributed by atoms with Crippen LogP contribution in [0.25, 0.3) is 0 Å². The van der Waals surface area contributed by atoms with E-state index in [9.17, 15) is 14.4 Å². The number of hydrogen-bond acceptors (Lipinski definition) is 6. The maximum atomic E-state index is 12.9. The number of rotatable bonds is 55. The van der Waals surface area contributed by atoms with E-state index in [1.165, 1.54) is 173 Å². The Kier molecular flexibility index (Phi) is 56.3. The molecule has 0 spiro atoms. The van der Waals surface area contributed by atoms with Crippen molar-refractivity contribution in [1.82, 2.24) is 0 Å². The van der Waals surface area contributed by atoms with Gasteiger partial charge in [-0.25, -0.2) is 0 Å². The van der Waals surface area contributed by atoms with Crippen LogP contribution in [0.15, 0.2) is 60.8 Å². The summed E-state index contributed by atoms with van der Waals surface area (Å²) in [6.45, 7) is 6.53. The second-order valence-corrected chi connectivity index (χ2v) is 20.2. The van der Waals surface area contributed by atoms with Gasteiger partial charge in [0.05, 0.1) is 0 Å². The molecule has 0 aliphatic carbocycles. The highest BCUT2D eigenvalue weighted by atomic mass is 16.6. The van der Waals surface area contributed by atoms with E-state index in [1.807, 2.05) is 0 Å². The lowest BCUT2D eigenvalue weighted by molar-refractivity contribution is -0.167. The first kappa shape index (κ1) is 67.1. The van der Waals surface area contributed by atoms with E-state index in [0.717, 1.165) is 96.3 Å². The van der Waals surface area contributed by atoms with E-state index in [-0.39, 0.29) is 31.1 Å². The Labute approximate surface area is 434 Å². The molecular weight excluding hydrogens is 865 g/mol. The summed E-state index contributed by atoms with van der Waals surface area (Å²) in [5, 5.41) is 0. The number of carbonyl (C=O) groups is 3. The number of allylic oxidation sites excluding steroid dienone is 10. The molecule has 0 aromatic rings. The molecule has 0 amide bonds. The minimum absolute atomic E-state index is 0.0777. The zero-order chi connectivity index (χ0) is 50.7. The van der Waals surface area contributed by atoms with Crippen molar-refractivity contribution in [3.05, 3.63) is 60.8 Å². The summed E-state index contributed by atoms with van der Waals surface area (Å²) >= 11 is 0. The first-order valence-electron chi connectivity index (χ1n) is 30.3. The molecule has 6 heteroatoms. The van der Waals surface area contributed by atoms with E-state index >= 15 is 0 Å². The van der Waals surface area contributed by atoms with Crippen LogP contribution in [0.3, 0.4) is 0 Å². The third-order valence-electron chi connectivity index (χ3n) is 13.3. The normalized spacial score (nSPS) is 12.4. The highest BCUT2D eigenvalue weighted by molar-refractivity contribution is 5.71. The zero-order valence-electron chi connectivity index (χ0n) is 46.5. The van der Waals surface area contributed by atoms with Crippen molar-refractivity contribution in [2.45, 2.75) is 316 Å². The van der Waals surface area contributed by atoms with Gasteiger partial charge in [0, 0.05) is 19.3 Å². The number of unbranched alkanes of at least 4 members (excludes halogenated alkanes) is 34. The molecule has 1 atom stereocenters. The van der Waals surface area contributed by atoms with Crippen molar-refractivity contribution in [2.24, 2.45) is 0 Å². The number of carbonyl (C=O) groups excluding carboxylic acids is 3. The van der Waals surface area contributed by atoms with Gasteiger partial charge in [-0.3, -0.25) is 14.4 Å². The van der Waals surface area contributed by atoms with Gasteiger partial charge in [-0.15, -0.1) is 0 Å². The highest BCUT2D eigenvalue weighted by Crippen LogP contribution is 2.16. The van der Waals surface area contributed by atoms with Crippen LogP contribution in [0, 0.1) is 0 Å². The largest absolute Gasteiger partial charge is 0.462 e. The van der Waals surface area contributed by atoms with Gasteiger partial charge in [-0.05, 0) is 83.5 Å². The molecule has 0 fully saturated rings. The molecule has 0 saturated heterocycles. The molecule has 0 radical (unpaired) electrons. The molecule has 0 saturated carbocycles. The molecule has 0 rings (SSSR count). The Hall–Kier alpha value is -2.89. The fourth-order valence-electron chi connectivity index (χ4n) is 8.72. The fourth-order valence-corrected chi connectivity index (χ4v) is 8.72. The Balaban J connectivity index is 4.27. The SMILES string of the molecule is CC/C=C\C/C=C\C/C=C\C/C=C\CCCCCCCCC(=O)OC(COC(=O)CCCCCCCCCCCC)COC(=O)CCCCCCCCCCCCC/C=C\CCCCCCCCCC. The molecule has 70 heavy (non-hydrogen) atoms. The lowest BCUT2D eigenvalue weighted by Gasteiger charge is -2.18. The van der Waals surface area contributed by atoms with Crippen molar-refractivity contribution in [1.29, 1.82) is 0 Å². The van der Waals surface area contributed by atoms with Gasteiger partial charge in [0.25, 0.3) is 0 Å². The maximum absolute atomic E-state index is 12.9. The van der Waals surface area contributed by atoms with E-state index in [2.05, 4.69) is 81.5 Å². The molecule has 406 valence electrons. The van der Waals surface area contributed by atoms with Crippen molar-refractivity contribution in [2.75, 3.05) is 13.2 Å². The van der Waals surface area contributed by atoms with Crippen LogP contribution >= 0.6 is 0 Å². The standard InChI is InChI=1S/C64H114O6/c1-4-7-10-13-16-19-22-24-26-28-30-31-32-33-35-36-38-40-42-45-48-51-54-57-63(66)69-60-61(59-68-62(65)56-53-50-47-44-21-18-15-12-9-6-3)70-64(67)58-55-52-49-46-43-41-39-37-34-29-27-25-23-20-17-14-11-8-5-2/h8,11,17,20,25,27-28,30,34,37,61H,4-7,9-10,12-16,18-19,21-24,26,29,31-33,35-36,38-60H2,1-3H3/b11-8-,20-17-,27-25-,30-28-,37-34-. The molecule has 0 aromatic carbocycles. The quantitative estimate of drug-likeness (QED) is 0.0261.